The van der Waals surface area contributed by atoms with Gasteiger partial charge in [0.05, 0.1) is 0 Å². The average molecular weight is 316 g/mol. The summed E-state index contributed by atoms with van der Waals surface area (Å²) in [5.41, 5.74) is -0.340. The molecule has 7 heteroatoms. The second-order valence-corrected chi connectivity index (χ2v) is 6.95. The summed E-state index contributed by atoms with van der Waals surface area (Å²) in [4.78, 5) is 23.2. The Balaban J connectivity index is 1.67. The third kappa shape index (κ3) is 3.67. The molecule has 1 N–H and O–H groups in total. The molecule has 3 heterocycles. The summed E-state index contributed by atoms with van der Waals surface area (Å²) < 4.78 is 1.51. The Bertz CT molecular complexity index is 662. The van der Waals surface area contributed by atoms with E-state index in [-0.39, 0.29) is 17.3 Å². The highest BCUT2D eigenvalue weighted by molar-refractivity contribution is 5.91. The number of hydrogen-bond acceptors (Lipinski definition) is 5. The van der Waals surface area contributed by atoms with Gasteiger partial charge < -0.3 is 5.32 Å². The molecular formula is C16H24N6O. The van der Waals surface area contributed by atoms with Crippen molar-refractivity contribution in [3.63, 3.8) is 0 Å². The predicted molar refractivity (Wildman–Crippen MR) is 87.2 cm³/mol. The van der Waals surface area contributed by atoms with Crippen LogP contribution >= 0.6 is 0 Å². The molecule has 2 aromatic heterocycles. The molecule has 0 radical (unpaired) electrons. The van der Waals surface area contributed by atoms with Gasteiger partial charge >= 0.3 is 0 Å². The summed E-state index contributed by atoms with van der Waals surface area (Å²) in [6.45, 7) is 8.26. The van der Waals surface area contributed by atoms with E-state index < -0.39 is 0 Å². The molecule has 3 rings (SSSR count). The van der Waals surface area contributed by atoms with Crippen LogP contribution in [0.1, 0.15) is 50.7 Å². The first-order chi connectivity index (χ1) is 10.9. The van der Waals surface area contributed by atoms with Crippen molar-refractivity contribution in [1.82, 2.24) is 29.8 Å². The standard InChI is InChI=1S/C16H24N6O/c1-12-7-4-5-9-21(12)11-16(2,3)19-14(23)13-18-15-17-8-6-10-22(15)20-13/h6,8,10,12H,4-5,7,9,11H2,1-3H3,(H,19,23). The minimum atomic E-state index is -0.340. The van der Waals surface area contributed by atoms with Crippen molar-refractivity contribution in [2.75, 3.05) is 13.1 Å². The van der Waals surface area contributed by atoms with E-state index in [0.29, 0.717) is 11.8 Å². The number of aromatic nitrogens is 4. The Hall–Kier alpha value is -2.02. The van der Waals surface area contributed by atoms with Gasteiger partial charge in [0.2, 0.25) is 5.82 Å². The molecule has 1 aliphatic heterocycles. The third-order valence-electron chi connectivity index (χ3n) is 4.31. The summed E-state index contributed by atoms with van der Waals surface area (Å²) in [7, 11) is 0. The first kappa shape index (κ1) is 15.9. The number of likely N-dealkylation sites (tertiary alicyclic amines) is 1. The SMILES string of the molecule is CC1CCCCN1CC(C)(C)NC(=O)c1nc2ncccn2n1. The van der Waals surface area contributed by atoms with E-state index in [0.717, 1.165) is 13.1 Å². The molecule has 23 heavy (non-hydrogen) atoms. The molecule has 1 amide bonds. The van der Waals surface area contributed by atoms with E-state index in [1.165, 1.54) is 23.8 Å². The van der Waals surface area contributed by atoms with Crippen molar-refractivity contribution in [3.05, 3.63) is 24.3 Å². The second-order valence-electron chi connectivity index (χ2n) is 6.95. The first-order valence-corrected chi connectivity index (χ1v) is 8.19. The molecule has 1 fully saturated rings. The van der Waals surface area contributed by atoms with Crippen molar-refractivity contribution < 1.29 is 4.79 Å². The van der Waals surface area contributed by atoms with Crippen LogP contribution in [-0.2, 0) is 0 Å². The molecule has 0 spiro atoms. The number of carbonyl (C=O) groups excluding carboxylic acids is 1. The fourth-order valence-corrected chi connectivity index (χ4v) is 3.13. The maximum Gasteiger partial charge on any atom is 0.291 e. The number of hydrogen-bond donors (Lipinski definition) is 1. The molecule has 0 bridgehead atoms. The zero-order chi connectivity index (χ0) is 16.4. The van der Waals surface area contributed by atoms with Gasteiger partial charge in [0.15, 0.2) is 0 Å². The van der Waals surface area contributed by atoms with E-state index >= 15 is 0 Å². The topological polar surface area (TPSA) is 75.4 Å². The van der Waals surface area contributed by atoms with E-state index in [9.17, 15) is 4.79 Å². The van der Waals surface area contributed by atoms with Crippen molar-refractivity contribution >= 4 is 11.7 Å². The summed E-state index contributed by atoms with van der Waals surface area (Å²) >= 11 is 0. The van der Waals surface area contributed by atoms with Crippen molar-refractivity contribution in [2.45, 2.75) is 51.6 Å². The van der Waals surface area contributed by atoms with Crippen LogP contribution in [0.4, 0.5) is 0 Å². The summed E-state index contributed by atoms with van der Waals surface area (Å²) in [6.07, 6.45) is 7.11. The van der Waals surface area contributed by atoms with E-state index in [4.69, 9.17) is 0 Å². The molecule has 7 nitrogen and oxygen atoms in total. The zero-order valence-corrected chi connectivity index (χ0v) is 14.0. The summed E-state index contributed by atoms with van der Waals surface area (Å²) in [5, 5.41) is 7.23. The smallest absolute Gasteiger partial charge is 0.291 e. The highest BCUT2D eigenvalue weighted by Crippen LogP contribution is 2.19. The van der Waals surface area contributed by atoms with Crippen LogP contribution in [0.5, 0.6) is 0 Å². The van der Waals surface area contributed by atoms with Gasteiger partial charge in [-0.1, -0.05) is 6.42 Å². The van der Waals surface area contributed by atoms with Gasteiger partial charge in [-0.15, -0.1) is 5.10 Å². The lowest BCUT2D eigenvalue weighted by atomic mass is 9.98. The van der Waals surface area contributed by atoms with Crippen molar-refractivity contribution in [2.24, 2.45) is 0 Å². The van der Waals surface area contributed by atoms with E-state index in [2.05, 4.69) is 32.2 Å². The van der Waals surface area contributed by atoms with Crippen LogP contribution in [0.3, 0.4) is 0 Å². The van der Waals surface area contributed by atoms with Crippen LogP contribution < -0.4 is 5.32 Å². The number of rotatable bonds is 4. The lowest BCUT2D eigenvalue weighted by Crippen LogP contribution is -2.54. The quantitative estimate of drug-likeness (QED) is 0.925. The van der Waals surface area contributed by atoms with Crippen LogP contribution in [0.2, 0.25) is 0 Å². The maximum absolute atomic E-state index is 12.5. The Kier molecular flexibility index (Phi) is 4.30. The Morgan fingerprint density at radius 2 is 2.26 bits per heavy atom. The minimum Gasteiger partial charge on any atom is -0.343 e. The molecule has 0 aromatic carbocycles. The Morgan fingerprint density at radius 1 is 1.43 bits per heavy atom. The van der Waals surface area contributed by atoms with Gasteiger partial charge in [-0.3, -0.25) is 9.69 Å². The molecule has 0 aliphatic carbocycles. The molecule has 1 unspecified atom stereocenters. The molecule has 1 aliphatic rings. The molecule has 0 saturated carbocycles. The van der Waals surface area contributed by atoms with Gasteiger partial charge in [0.1, 0.15) is 0 Å². The number of carbonyl (C=O) groups is 1. The first-order valence-electron chi connectivity index (χ1n) is 8.19. The minimum absolute atomic E-state index is 0.156. The summed E-state index contributed by atoms with van der Waals surface area (Å²) in [5.74, 6) is 0.328. The molecule has 2 aromatic rings. The van der Waals surface area contributed by atoms with Crippen molar-refractivity contribution in [1.29, 1.82) is 0 Å². The number of nitrogens with one attached hydrogen (secondary N) is 1. The third-order valence-corrected chi connectivity index (χ3v) is 4.31. The number of amides is 1. The number of piperidine rings is 1. The predicted octanol–water partition coefficient (Wildman–Crippen LogP) is 1.51. The highest BCUT2D eigenvalue weighted by Gasteiger charge is 2.29. The van der Waals surface area contributed by atoms with Crippen LogP contribution in [0, 0.1) is 0 Å². The Morgan fingerprint density at radius 3 is 3.00 bits per heavy atom. The van der Waals surface area contributed by atoms with Gasteiger partial charge in [-0.05, 0) is 46.2 Å². The van der Waals surface area contributed by atoms with Gasteiger partial charge in [0, 0.05) is 30.5 Å². The van der Waals surface area contributed by atoms with Crippen molar-refractivity contribution in [3.8, 4) is 0 Å². The second kappa shape index (κ2) is 6.23. The van der Waals surface area contributed by atoms with E-state index in [1.54, 1.807) is 18.5 Å². The van der Waals surface area contributed by atoms with Gasteiger partial charge in [-0.25, -0.2) is 9.50 Å². The fourth-order valence-electron chi connectivity index (χ4n) is 3.13. The summed E-state index contributed by atoms with van der Waals surface area (Å²) in [6, 6.07) is 2.32. The number of nitrogens with zero attached hydrogens (tertiary/aromatic N) is 5. The van der Waals surface area contributed by atoms with Crippen LogP contribution in [-0.4, -0.2) is 55.1 Å². The van der Waals surface area contributed by atoms with Crippen LogP contribution in [0.15, 0.2) is 18.5 Å². The lowest BCUT2D eigenvalue weighted by Gasteiger charge is -2.39. The molecule has 124 valence electrons. The van der Waals surface area contributed by atoms with Gasteiger partial charge in [0.25, 0.3) is 11.7 Å². The Labute approximate surface area is 136 Å². The van der Waals surface area contributed by atoms with E-state index in [1.807, 2.05) is 13.8 Å². The van der Waals surface area contributed by atoms with Crippen LogP contribution in [0.25, 0.3) is 5.78 Å². The molecule has 1 atom stereocenters. The lowest BCUT2D eigenvalue weighted by molar-refractivity contribution is 0.0825. The maximum atomic E-state index is 12.5. The van der Waals surface area contributed by atoms with Gasteiger partial charge in [-0.2, -0.15) is 4.98 Å². The molecule has 1 saturated heterocycles. The monoisotopic (exact) mass is 316 g/mol. The number of fused-ring (bicyclic) bond motifs is 1. The zero-order valence-electron chi connectivity index (χ0n) is 14.0. The normalized spacial score (nSPS) is 19.9. The molecular weight excluding hydrogens is 292 g/mol. The largest absolute Gasteiger partial charge is 0.343 e. The fraction of sp³-hybridized carbons (Fsp3) is 0.625. The average Bonchev–Trinajstić information content (AvgIpc) is 2.93. The highest BCUT2D eigenvalue weighted by atomic mass is 16.2.